The van der Waals surface area contributed by atoms with E-state index in [9.17, 15) is 24.7 Å². The summed E-state index contributed by atoms with van der Waals surface area (Å²) in [5.41, 5.74) is 4.73. The molecule has 0 bridgehead atoms. The van der Waals surface area contributed by atoms with Gasteiger partial charge in [0.05, 0.1) is 6.04 Å². The summed E-state index contributed by atoms with van der Waals surface area (Å²) < 4.78 is 4.26. The second-order valence-electron chi connectivity index (χ2n) is 6.42. The third kappa shape index (κ3) is 3.90. The molecule has 4 rings (SSSR count). The van der Waals surface area contributed by atoms with Crippen LogP contribution in [-0.2, 0) is 14.4 Å². The first-order chi connectivity index (χ1) is 15.2. The lowest BCUT2D eigenvalue weighted by molar-refractivity contribution is -0.155. The molecular weight excluding hydrogens is 525 g/mol. The number of amides is 2. The Kier molecular flexibility index (Phi) is 6.26. The summed E-state index contributed by atoms with van der Waals surface area (Å²) >= 11 is 14.9. The molecule has 2 aromatic rings. The van der Waals surface area contributed by atoms with Gasteiger partial charge in [0, 0.05) is 4.91 Å². The van der Waals surface area contributed by atoms with Crippen molar-refractivity contribution in [2.45, 2.75) is 29.1 Å². The number of nitrogen functional groups attached to an aromatic ring is 1. The van der Waals surface area contributed by atoms with Crippen LogP contribution < -0.4 is 11.1 Å². The molecule has 1 fully saturated rings. The largest absolute Gasteiger partial charge is 0.477 e. The van der Waals surface area contributed by atoms with E-state index in [1.807, 2.05) is 0 Å². The summed E-state index contributed by atoms with van der Waals surface area (Å²) in [6.07, 6.45) is 0.715. The monoisotopic (exact) mass is 535 g/mol. The number of carboxylic acids is 1. The quantitative estimate of drug-likeness (QED) is 0.183. The van der Waals surface area contributed by atoms with Gasteiger partial charge < -0.3 is 21.4 Å². The molecule has 0 spiro atoms. The van der Waals surface area contributed by atoms with Crippen molar-refractivity contribution in [1.29, 1.82) is 0 Å². The zero-order valence-corrected chi connectivity index (χ0v) is 19.4. The van der Waals surface area contributed by atoms with Crippen LogP contribution in [0.25, 0.3) is 0 Å². The van der Waals surface area contributed by atoms with Crippen molar-refractivity contribution in [1.82, 2.24) is 24.8 Å². The van der Waals surface area contributed by atoms with Crippen LogP contribution in [0.1, 0.15) is 18.5 Å². The SMILES string of the molecule is Nc1nc(/C(=N/O)C(=O)N[C@@H]2C(=O)N3C(C(=O)O)=C(Sc4snnc4Cl)CC[C@H]23)c(Cl)s1. The lowest BCUT2D eigenvalue weighted by Crippen LogP contribution is -2.72. The molecule has 2 aliphatic rings. The van der Waals surface area contributed by atoms with Crippen LogP contribution in [0.5, 0.6) is 0 Å². The molecule has 4 heterocycles. The number of oxime groups is 1. The third-order valence-electron chi connectivity index (χ3n) is 4.66. The number of carboxylic acid groups (broad SMARTS) is 1. The van der Waals surface area contributed by atoms with E-state index in [2.05, 4.69) is 25.0 Å². The first kappa shape index (κ1) is 22.7. The lowest BCUT2D eigenvalue weighted by atomic mass is 9.86. The number of fused-ring (bicyclic) bond motifs is 1. The van der Waals surface area contributed by atoms with Gasteiger partial charge in [-0.25, -0.2) is 9.78 Å². The molecule has 17 heteroatoms. The summed E-state index contributed by atoms with van der Waals surface area (Å²) in [6, 6.07) is -1.60. The maximum atomic E-state index is 12.8. The van der Waals surface area contributed by atoms with E-state index in [0.717, 1.165) is 39.5 Å². The van der Waals surface area contributed by atoms with Crippen molar-refractivity contribution in [2.75, 3.05) is 5.73 Å². The average Bonchev–Trinajstić information content (AvgIpc) is 3.30. The number of hydrogen-bond donors (Lipinski definition) is 4. The number of carbonyl (C=O) groups excluding carboxylic acids is 2. The van der Waals surface area contributed by atoms with Crippen LogP contribution in [0.4, 0.5) is 5.13 Å². The zero-order valence-electron chi connectivity index (χ0n) is 15.5. The Morgan fingerprint density at radius 2 is 2.12 bits per heavy atom. The standard InChI is InChI=1S/C15H11Cl2N7O5S3/c16-9-14(32-23-21-9)30-4-2-1-3-5(12(26)24(3)8(4)13(27)28)19-11(25)7(22-29)6-10(17)31-15(18)20-6/h3,5,29H,1-2H2,(H2,18,20)(H,19,25)(H,27,28)/b22-7-/t3-,5+/m1/s1. The number of nitrogens with zero attached hydrogens (tertiary/aromatic N) is 5. The first-order valence-electron chi connectivity index (χ1n) is 8.63. The molecule has 32 heavy (non-hydrogen) atoms. The fraction of sp³-hybridized carbons (Fsp3) is 0.267. The Balaban J connectivity index is 1.54. The topological polar surface area (TPSA) is 184 Å². The molecule has 0 radical (unpaired) electrons. The van der Waals surface area contributed by atoms with E-state index in [1.54, 1.807) is 0 Å². The fourth-order valence-electron chi connectivity index (χ4n) is 3.35. The molecule has 2 aromatic heterocycles. The number of allylic oxidation sites excluding steroid dienone is 1. The second-order valence-corrected chi connectivity index (χ2v) is 10.5. The van der Waals surface area contributed by atoms with Gasteiger partial charge in [0.1, 0.15) is 26.0 Å². The van der Waals surface area contributed by atoms with Gasteiger partial charge in [0.2, 0.25) is 0 Å². The number of anilines is 1. The van der Waals surface area contributed by atoms with E-state index in [-0.39, 0.29) is 26.0 Å². The van der Waals surface area contributed by atoms with Crippen molar-refractivity contribution < 1.29 is 24.7 Å². The number of nitrogens with one attached hydrogen (secondary N) is 1. The molecule has 0 aromatic carbocycles. The Hall–Kier alpha value is -2.46. The van der Waals surface area contributed by atoms with Gasteiger partial charge >= 0.3 is 5.97 Å². The van der Waals surface area contributed by atoms with E-state index < -0.39 is 35.6 Å². The number of aromatic nitrogens is 3. The van der Waals surface area contributed by atoms with Gasteiger partial charge in [-0.15, -0.1) is 5.10 Å². The summed E-state index contributed by atoms with van der Waals surface area (Å²) in [5.74, 6) is -2.80. The second kappa shape index (κ2) is 8.82. The normalized spacial score (nSPS) is 20.8. The average molecular weight is 536 g/mol. The number of rotatable bonds is 6. The predicted molar refractivity (Wildman–Crippen MR) is 117 cm³/mol. The van der Waals surface area contributed by atoms with Crippen molar-refractivity contribution in [3.63, 3.8) is 0 Å². The minimum Gasteiger partial charge on any atom is -0.477 e. The van der Waals surface area contributed by atoms with Crippen LogP contribution in [0.15, 0.2) is 20.0 Å². The Bertz CT molecular complexity index is 1200. The highest BCUT2D eigenvalue weighted by atomic mass is 35.5. The number of thiazole rings is 1. The smallest absolute Gasteiger partial charge is 0.353 e. The van der Waals surface area contributed by atoms with Gasteiger partial charge in [-0.1, -0.05) is 55.9 Å². The highest BCUT2D eigenvalue weighted by Gasteiger charge is 2.54. The van der Waals surface area contributed by atoms with Crippen LogP contribution in [0, 0.1) is 0 Å². The Labute approximate surface area is 201 Å². The number of halogens is 2. The van der Waals surface area contributed by atoms with E-state index in [0.29, 0.717) is 22.0 Å². The third-order valence-corrected chi connectivity index (χ3v) is 8.25. The minimum absolute atomic E-state index is 0.0404. The molecule has 0 aliphatic carbocycles. The van der Waals surface area contributed by atoms with E-state index in [4.69, 9.17) is 28.9 Å². The van der Waals surface area contributed by atoms with Crippen LogP contribution in [0.2, 0.25) is 9.49 Å². The molecule has 2 amide bonds. The van der Waals surface area contributed by atoms with Crippen molar-refractivity contribution in [3.05, 3.63) is 25.8 Å². The molecule has 12 nitrogen and oxygen atoms in total. The molecule has 5 N–H and O–H groups in total. The molecule has 2 atom stereocenters. The number of aliphatic carboxylic acids is 1. The molecule has 168 valence electrons. The van der Waals surface area contributed by atoms with Crippen molar-refractivity contribution in [3.8, 4) is 0 Å². The van der Waals surface area contributed by atoms with Gasteiger partial charge in [-0.2, -0.15) is 0 Å². The summed E-state index contributed by atoms with van der Waals surface area (Å²) in [5, 5.41) is 28.3. The molecule has 0 unspecified atom stereocenters. The maximum Gasteiger partial charge on any atom is 0.353 e. The number of carbonyl (C=O) groups is 3. The summed E-state index contributed by atoms with van der Waals surface area (Å²) in [6.45, 7) is 0. The summed E-state index contributed by atoms with van der Waals surface area (Å²) in [7, 11) is 0. The Morgan fingerprint density at radius 3 is 2.69 bits per heavy atom. The minimum atomic E-state index is -1.29. The Morgan fingerprint density at radius 1 is 1.38 bits per heavy atom. The summed E-state index contributed by atoms with van der Waals surface area (Å²) in [4.78, 5) is 42.7. The fourth-order valence-corrected chi connectivity index (χ4v) is 6.29. The first-order valence-corrected chi connectivity index (χ1v) is 11.8. The zero-order chi connectivity index (χ0) is 23.2. The molecule has 1 saturated heterocycles. The van der Waals surface area contributed by atoms with Crippen LogP contribution in [-0.4, -0.2) is 65.4 Å². The maximum absolute atomic E-state index is 12.8. The molecular formula is C15H11Cl2N7O5S3. The van der Waals surface area contributed by atoms with Crippen LogP contribution >= 0.6 is 57.8 Å². The number of β-lactam (4-membered cyclic amide) rings is 1. The van der Waals surface area contributed by atoms with Gasteiger partial charge in [-0.3, -0.25) is 14.5 Å². The van der Waals surface area contributed by atoms with Gasteiger partial charge in [-0.05, 0) is 24.4 Å². The van der Waals surface area contributed by atoms with Gasteiger partial charge in [0.25, 0.3) is 11.8 Å². The van der Waals surface area contributed by atoms with E-state index >= 15 is 0 Å². The highest BCUT2D eigenvalue weighted by Crippen LogP contribution is 2.45. The number of hydrogen-bond acceptors (Lipinski definition) is 12. The van der Waals surface area contributed by atoms with E-state index in [1.165, 1.54) is 0 Å². The lowest BCUT2D eigenvalue weighted by Gasteiger charge is -2.50. The predicted octanol–water partition coefficient (Wildman–Crippen LogP) is 1.64. The van der Waals surface area contributed by atoms with Crippen LogP contribution in [0.3, 0.4) is 0 Å². The molecule has 0 saturated carbocycles. The highest BCUT2D eigenvalue weighted by molar-refractivity contribution is 8.04. The van der Waals surface area contributed by atoms with Gasteiger partial charge in [0.15, 0.2) is 16.0 Å². The van der Waals surface area contributed by atoms with Crippen molar-refractivity contribution >= 4 is 86.5 Å². The number of nitrogens with two attached hydrogens (primary N) is 1. The number of thioether (sulfide) groups is 1. The molecule has 2 aliphatic heterocycles. The van der Waals surface area contributed by atoms with Crippen molar-refractivity contribution in [2.24, 2.45) is 5.16 Å².